The van der Waals surface area contributed by atoms with E-state index in [0.717, 1.165) is 6.07 Å². The fourth-order valence-corrected chi connectivity index (χ4v) is 2.12. The summed E-state index contributed by atoms with van der Waals surface area (Å²) in [6, 6.07) is 9.94. The molecule has 1 amide bonds. The molecule has 0 aliphatic heterocycles. The molecule has 2 aromatic carbocycles. The topological polar surface area (TPSA) is 66.4 Å². The molecule has 0 saturated heterocycles. The molecule has 0 aromatic heterocycles. The molecule has 0 atom stereocenters. The molecule has 0 saturated carbocycles. The molecule has 4 nitrogen and oxygen atoms in total. The largest absolute Gasteiger partial charge is 0.478 e. The van der Waals surface area contributed by atoms with Gasteiger partial charge in [0.15, 0.2) is 0 Å². The van der Waals surface area contributed by atoms with Gasteiger partial charge < -0.3 is 10.4 Å². The van der Waals surface area contributed by atoms with E-state index >= 15 is 0 Å². The number of benzene rings is 2. The first-order valence-electron chi connectivity index (χ1n) is 5.58. The number of carboxylic acid groups (broad SMARTS) is 1. The maximum absolute atomic E-state index is 13.5. The van der Waals surface area contributed by atoms with Crippen molar-refractivity contribution in [2.24, 2.45) is 0 Å². The molecule has 0 aliphatic rings. The van der Waals surface area contributed by atoms with Crippen molar-refractivity contribution in [3.63, 3.8) is 0 Å². The maximum atomic E-state index is 13.5. The highest BCUT2D eigenvalue weighted by Crippen LogP contribution is 2.27. The van der Waals surface area contributed by atoms with Crippen LogP contribution in [0.25, 0.3) is 0 Å². The first kappa shape index (κ1) is 14.2. The van der Waals surface area contributed by atoms with Gasteiger partial charge in [-0.1, -0.05) is 18.2 Å². The Hall–Kier alpha value is -2.21. The van der Waals surface area contributed by atoms with Crippen molar-refractivity contribution in [1.82, 2.24) is 0 Å². The third-order valence-electron chi connectivity index (χ3n) is 2.60. The number of hydrogen-bond donors (Lipinski definition) is 2. The van der Waals surface area contributed by atoms with Gasteiger partial charge in [0, 0.05) is 4.47 Å². The number of amides is 1. The summed E-state index contributed by atoms with van der Waals surface area (Å²) in [5.41, 5.74) is -0.142. The number of hydrogen-bond acceptors (Lipinski definition) is 2. The van der Waals surface area contributed by atoms with Crippen molar-refractivity contribution in [1.29, 1.82) is 0 Å². The van der Waals surface area contributed by atoms with E-state index in [1.165, 1.54) is 30.3 Å². The van der Waals surface area contributed by atoms with Crippen LogP contribution in [0.2, 0.25) is 0 Å². The quantitative estimate of drug-likeness (QED) is 0.900. The Kier molecular flexibility index (Phi) is 4.14. The Morgan fingerprint density at radius 3 is 2.35 bits per heavy atom. The molecule has 6 heteroatoms. The van der Waals surface area contributed by atoms with Gasteiger partial charge in [0.1, 0.15) is 5.82 Å². The van der Waals surface area contributed by atoms with Gasteiger partial charge in [-0.25, -0.2) is 9.18 Å². The Balaban J connectivity index is 2.38. The normalized spacial score (nSPS) is 10.1. The van der Waals surface area contributed by atoms with Gasteiger partial charge in [-0.15, -0.1) is 0 Å². The average molecular weight is 338 g/mol. The van der Waals surface area contributed by atoms with Gasteiger partial charge in [0.05, 0.1) is 16.8 Å². The molecule has 102 valence electrons. The highest BCUT2D eigenvalue weighted by molar-refractivity contribution is 9.10. The Bertz CT molecular complexity index is 688. The number of nitrogens with one attached hydrogen (secondary N) is 1. The van der Waals surface area contributed by atoms with E-state index < -0.39 is 17.7 Å². The van der Waals surface area contributed by atoms with Crippen LogP contribution in [0.4, 0.5) is 10.1 Å². The number of anilines is 1. The predicted octanol–water partition coefficient (Wildman–Crippen LogP) is 3.54. The van der Waals surface area contributed by atoms with Crippen LogP contribution in [0.5, 0.6) is 0 Å². The molecule has 0 heterocycles. The third-order valence-corrected chi connectivity index (χ3v) is 3.26. The maximum Gasteiger partial charge on any atom is 0.337 e. The Morgan fingerprint density at radius 1 is 1.05 bits per heavy atom. The van der Waals surface area contributed by atoms with E-state index in [2.05, 4.69) is 21.2 Å². The van der Waals surface area contributed by atoms with E-state index in [4.69, 9.17) is 5.11 Å². The van der Waals surface area contributed by atoms with Crippen molar-refractivity contribution in [3.8, 4) is 0 Å². The number of carboxylic acids is 1. The van der Waals surface area contributed by atoms with Gasteiger partial charge >= 0.3 is 5.97 Å². The van der Waals surface area contributed by atoms with Crippen LogP contribution < -0.4 is 5.32 Å². The molecule has 0 radical (unpaired) electrons. The molecule has 2 aromatic rings. The van der Waals surface area contributed by atoms with Gasteiger partial charge in [-0.3, -0.25) is 4.79 Å². The van der Waals surface area contributed by atoms with Crippen LogP contribution in [-0.2, 0) is 0 Å². The van der Waals surface area contributed by atoms with Gasteiger partial charge in [0.2, 0.25) is 0 Å². The molecule has 0 spiro atoms. The number of carbonyl (C=O) groups excluding carboxylic acids is 1. The minimum atomic E-state index is -1.19. The van der Waals surface area contributed by atoms with E-state index in [1.807, 2.05) is 0 Å². The zero-order valence-corrected chi connectivity index (χ0v) is 11.6. The first-order chi connectivity index (χ1) is 9.50. The minimum Gasteiger partial charge on any atom is -0.478 e. The molecule has 2 N–H and O–H groups in total. The number of aromatic carboxylic acids is 1. The number of rotatable bonds is 3. The summed E-state index contributed by atoms with van der Waals surface area (Å²) in [5.74, 6) is -2.57. The molecule has 20 heavy (non-hydrogen) atoms. The highest BCUT2D eigenvalue weighted by Gasteiger charge is 2.17. The Labute approximate surface area is 122 Å². The van der Waals surface area contributed by atoms with Crippen molar-refractivity contribution >= 4 is 33.5 Å². The minimum absolute atomic E-state index is 0.0796. The molecule has 0 aliphatic carbocycles. The van der Waals surface area contributed by atoms with Crippen LogP contribution in [0.1, 0.15) is 20.7 Å². The smallest absolute Gasteiger partial charge is 0.337 e. The molecular formula is C14H9BrFNO3. The molecule has 0 fully saturated rings. The zero-order chi connectivity index (χ0) is 14.7. The van der Waals surface area contributed by atoms with Gasteiger partial charge in [-0.05, 0) is 40.2 Å². The Morgan fingerprint density at radius 2 is 1.70 bits per heavy atom. The summed E-state index contributed by atoms with van der Waals surface area (Å²) in [4.78, 5) is 23.1. The fourth-order valence-electron chi connectivity index (χ4n) is 1.66. The molecule has 0 unspecified atom stereocenters. The summed E-state index contributed by atoms with van der Waals surface area (Å²) in [7, 11) is 0. The van der Waals surface area contributed by atoms with Crippen molar-refractivity contribution in [3.05, 3.63) is 63.9 Å². The lowest BCUT2D eigenvalue weighted by Gasteiger charge is -2.10. The van der Waals surface area contributed by atoms with Crippen LogP contribution in [-0.4, -0.2) is 17.0 Å². The van der Waals surface area contributed by atoms with E-state index in [0.29, 0.717) is 4.47 Å². The van der Waals surface area contributed by atoms with Crippen molar-refractivity contribution in [2.45, 2.75) is 0 Å². The average Bonchev–Trinajstić information content (AvgIpc) is 2.41. The van der Waals surface area contributed by atoms with Crippen LogP contribution in [0, 0.1) is 5.82 Å². The molecule has 2 rings (SSSR count). The first-order valence-corrected chi connectivity index (χ1v) is 6.37. The third kappa shape index (κ3) is 2.85. The summed E-state index contributed by atoms with van der Waals surface area (Å²) in [6.07, 6.45) is 0. The van der Waals surface area contributed by atoms with Gasteiger partial charge in [-0.2, -0.15) is 0 Å². The number of carbonyl (C=O) groups is 2. The highest BCUT2D eigenvalue weighted by atomic mass is 79.9. The summed E-state index contributed by atoms with van der Waals surface area (Å²) in [6.45, 7) is 0. The van der Waals surface area contributed by atoms with Crippen molar-refractivity contribution in [2.75, 3.05) is 5.32 Å². The lowest BCUT2D eigenvalue weighted by molar-refractivity contribution is 0.0698. The van der Waals surface area contributed by atoms with E-state index in [-0.39, 0.29) is 16.8 Å². The second kappa shape index (κ2) is 5.83. The van der Waals surface area contributed by atoms with Crippen LogP contribution >= 0.6 is 15.9 Å². The standard InChI is InChI=1S/C14H9BrFNO3/c15-10-6-3-5-9(14(19)20)12(10)17-13(18)8-4-1-2-7-11(8)16/h1-7H,(H,17,18)(H,19,20). The summed E-state index contributed by atoms with van der Waals surface area (Å²) in [5, 5.41) is 11.5. The second-order valence-corrected chi connectivity index (χ2v) is 4.76. The lowest BCUT2D eigenvalue weighted by Crippen LogP contribution is -2.16. The summed E-state index contributed by atoms with van der Waals surface area (Å²) >= 11 is 3.16. The zero-order valence-electron chi connectivity index (χ0n) is 10.1. The molecular weight excluding hydrogens is 329 g/mol. The van der Waals surface area contributed by atoms with Gasteiger partial charge in [0.25, 0.3) is 5.91 Å². The lowest BCUT2D eigenvalue weighted by atomic mass is 10.1. The second-order valence-electron chi connectivity index (χ2n) is 3.90. The fraction of sp³-hybridized carbons (Fsp3) is 0. The monoisotopic (exact) mass is 337 g/mol. The molecule has 0 bridgehead atoms. The van der Waals surface area contributed by atoms with Crippen LogP contribution in [0.15, 0.2) is 46.9 Å². The van der Waals surface area contributed by atoms with E-state index in [9.17, 15) is 14.0 Å². The SMILES string of the molecule is O=C(Nc1c(Br)cccc1C(=O)O)c1ccccc1F. The summed E-state index contributed by atoms with van der Waals surface area (Å²) < 4.78 is 13.9. The predicted molar refractivity (Wildman–Crippen MR) is 75.5 cm³/mol. The van der Waals surface area contributed by atoms with E-state index in [1.54, 1.807) is 6.07 Å². The van der Waals surface area contributed by atoms with Crippen molar-refractivity contribution < 1.29 is 19.1 Å². The number of halogens is 2. The van der Waals surface area contributed by atoms with Crippen LogP contribution in [0.3, 0.4) is 0 Å². The number of para-hydroxylation sites is 1.